The molecular formula is C22H19BrFN3O3. The van der Waals surface area contributed by atoms with Gasteiger partial charge in [0.05, 0.1) is 23.4 Å². The van der Waals surface area contributed by atoms with Crippen LogP contribution in [0, 0.1) is 17.2 Å². The van der Waals surface area contributed by atoms with E-state index in [0.717, 1.165) is 0 Å². The van der Waals surface area contributed by atoms with Gasteiger partial charge < -0.3 is 4.98 Å². The summed E-state index contributed by atoms with van der Waals surface area (Å²) in [5.74, 6) is -3.97. The van der Waals surface area contributed by atoms with Crippen molar-refractivity contribution in [3.63, 3.8) is 0 Å². The quantitative estimate of drug-likeness (QED) is 0.454. The highest BCUT2D eigenvalue weighted by Gasteiger charge is 2.54. The molecule has 8 heteroatoms. The molecule has 0 bridgehead atoms. The number of H-pyrrole nitrogens is 1. The van der Waals surface area contributed by atoms with Gasteiger partial charge in [-0.2, -0.15) is 0 Å². The molecule has 1 saturated heterocycles. The molecule has 2 heterocycles. The van der Waals surface area contributed by atoms with E-state index in [-0.39, 0.29) is 5.56 Å². The average Bonchev–Trinajstić information content (AvgIpc) is 3.25. The summed E-state index contributed by atoms with van der Waals surface area (Å²) in [4.78, 5) is 47.6. The minimum atomic E-state index is -1.31. The van der Waals surface area contributed by atoms with Gasteiger partial charge in [0.2, 0.25) is 5.78 Å². The lowest BCUT2D eigenvalue weighted by Gasteiger charge is -2.30. The molecule has 1 aliphatic rings. The predicted octanol–water partition coefficient (Wildman–Crippen LogP) is 4.35. The fourth-order valence-electron chi connectivity index (χ4n) is 3.81. The maximum atomic E-state index is 14.9. The van der Waals surface area contributed by atoms with Gasteiger partial charge in [0.1, 0.15) is 11.7 Å². The third kappa shape index (κ3) is 3.25. The molecule has 0 saturated carbocycles. The van der Waals surface area contributed by atoms with Crippen molar-refractivity contribution < 1.29 is 18.8 Å². The lowest BCUT2D eigenvalue weighted by Crippen LogP contribution is -2.36. The van der Waals surface area contributed by atoms with Gasteiger partial charge in [-0.15, -0.1) is 0 Å². The van der Waals surface area contributed by atoms with Crippen LogP contribution in [0.25, 0.3) is 11.0 Å². The molecule has 154 valence electrons. The topological polar surface area (TPSA) is 83.1 Å². The highest BCUT2D eigenvalue weighted by molar-refractivity contribution is 9.10. The zero-order chi connectivity index (χ0) is 21.8. The Kier molecular flexibility index (Phi) is 4.85. The van der Waals surface area contributed by atoms with Crippen LogP contribution in [0.1, 0.15) is 32.4 Å². The number of carbonyl (C=O) groups is 3. The van der Waals surface area contributed by atoms with Gasteiger partial charge in [0.15, 0.2) is 5.78 Å². The van der Waals surface area contributed by atoms with Crippen LogP contribution in [-0.4, -0.2) is 27.4 Å². The SMILES string of the molecule is CC(C)(C)C(=O)C1C(=O)C(=O)N(c2ccc3nc[nH]c3c2)C1c1cc(Br)ccc1F. The van der Waals surface area contributed by atoms with E-state index in [1.807, 2.05) is 0 Å². The second-order valence-electron chi connectivity index (χ2n) is 8.35. The summed E-state index contributed by atoms with van der Waals surface area (Å²) >= 11 is 3.32. The Labute approximate surface area is 180 Å². The maximum Gasteiger partial charge on any atom is 0.295 e. The van der Waals surface area contributed by atoms with E-state index in [2.05, 4.69) is 25.9 Å². The molecule has 1 amide bonds. The van der Waals surface area contributed by atoms with Crippen LogP contribution in [-0.2, 0) is 14.4 Å². The first-order chi connectivity index (χ1) is 14.1. The monoisotopic (exact) mass is 471 g/mol. The number of aromatic nitrogens is 2. The smallest absolute Gasteiger partial charge is 0.295 e. The van der Waals surface area contributed by atoms with Crippen molar-refractivity contribution in [2.45, 2.75) is 26.8 Å². The molecule has 0 radical (unpaired) electrons. The number of Topliss-reactive ketones (excluding diaryl/α,β-unsaturated/α-hetero) is 2. The second-order valence-corrected chi connectivity index (χ2v) is 9.26. The van der Waals surface area contributed by atoms with E-state index in [9.17, 15) is 18.8 Å². The van der Waals surface area contributed by atoms with Crippen LogP contribution in [0.2, 0.25) is 0 Å². The number of imidazole rings is 1. The Morgan fingerprint density at radius 2 is 1.90 bits per heavy atom. The van der Waals surface area contributed by atoms with Crippen molar-refractivity contribution in [1.29, 1.82) is 0 Å². The van der Waals surface area contributed by atoms with E-state index in [1.165, 1.54) is 29.4 Å². The number of nitrogens with one attached hydrogen (secondary N) is 1. The Morgan fingerprint density at radius 1 is 1.17 bits per heavy atom. The summed E-state index contributed by atoms with van der Waals surface area (Å²) < 4.78 is 15.5. The first-order valence-corrected chi connectivity index (χ1v) is 10.2. The van der Waals surface area contributed by atoms with Crippen molar-refractivity contribution >= 4 is 50.1 Å². The highest BCUT2D eigenvalue weighted by atomic mass is 79.9. The summed E-state index contributed by atoms with van der Waals surface area (Å²) in [5.41, 5.74) is 0.954. The number of rotatable bonds is 3. The van der Waals surface area contributed by atoms with Crippen molar-refractivity contribution in [3.8, 4) is 0 Å². The third-order valence-electron chi connectivity index (χ3n) is 5.29. The number of amides is 1. The minimum Gasteiger partial charge on any atom is -0.345 e. The van der Waals surface area contributed by atoms with Crippen LogP contribution >= 0.6 is 15.9 Å². The van der Waals surface area contributed by atoms with Crippen LogP contribution < -0.4 is 4.90 Å². The standard InChI is InChI=1S/C22H19BrFN3O3/c1-22(2,3)20(29)17-18(13-8-11(23)4-6-14(13)24)27(21(30)19(17)28)12-5-7-15-16(9-12)26-10-25-15/h4-10,17-18H,1-3H3,(H,25,26). The highest BCUT2D eigenvalue weighted by Crippen LogP contribution is 2.44. The first-order valence-electron chi connectivity index (χ1n) is 9.39. The van der Waals surface area contributed by atoms with Gasteiger partial charge in [-0.05, 0) is 36.4 Å². The van der Waals surface area contributed by atoms with Gasteiger partial charge >= 0.3 is 0 Å². The largest absolute Gasteiger partial charge is 0.345 e. The molecule has 1 aromatic heterocycles. The number of halogens is 2. The lowest BCUT2D eigenvalue weighted by molar-refractivity contribution is -0.141. The molecule has 2 unspecified atom stereocenters. The van der Waals surface area contributed by atoms with E-state index in [0.29, 0.717) is 21.2 Å². The average molecular weight is 472 g/mol. The molecule has 1 fully saturated rings. The Morgan fingerprint density at radius 3 is 2.60 bits per heavy atom. The maximum absolute atomic E-state index is 14.9. The molecule has 1 N–H and O–H groups in total. The third-order valence-corrected chi connectivity index (χ3v) is 5.78. The van der Waals surface area contributed by atoms with E-state index < -0.39 is 40.7 Å². The zero-order valence-electron chi connectivity index (χ0n) is 16.6. The van der Waals surface area contributed by atoms with Crippen molar-refractivity contribution in [2.75, 3.05) is 4.90 Å². The number of carbonyl (C=O) groups excluding carboxylic acids is 3. The van der Waals surface area contributed by atoms with Crippen LogP contribution in [0.4, 0.5) is 10.1 Å². The van der Waals surface area contributed by atoms with Crippen molar-refractivity contribution in [3.05, 3.63) is 58.6 Å². The molecule has 2 atom stereocenters. The van der Waals surface area contributed by atoms with Crippen LogP contribution in [0.15, 0.2) is 47.2 Å². The summed E-state index contributed by atoms with van der Waals surface area (Å²) in [5, 5.41) is 0. The number of hydrogen-bond acceptors (Lipinski definition) is 4. The molecule has 6 nitrogen and oxygen atoms in total. The number of anilines is 1. The van der Waals surface area contributed by atoms with Gasteiger partial charge in [-0.25, -0.2) is 9.37 Å². The number of fused-ring (bicyclic) bond motifs is 1. The van der Waals surface area contributed by atoms with Crippen molar-refractivity contribution in [1.82, 2.24) is 9.97 Å². The number of aromatic amines is 1. The molecule has 0 aliphatic carbocycles. The van der Waals surface area contributed by atoms with Gasteiger partial charge in [-0.1, -0.05) is 36.7 Å². The number of nitrogens with zero attached hydrogens (tertiary/aromatic N) is 2. The molecule has 3 aromatic rings. The second kappa shape index (κ2) is 7.12. The molecule has 30 heavy (non-hydrogen) atoms. The van der Waals surface area contributed by atoms with Gasteiger partial charge in [-0.3, -0.25) is 19.3 Å². The Balaban J connectivity index is 1.94. The summed E-state index contributed by atoms with van der Waals surface area (Å²) in [6.07, 6.45) is 1.52. The zero-order valence-corrected chi connectivity index (χ0v) is 18.2. The fourth-order valence-corrected chi connectivity index (χ4v) is 4.19. The molecule has 0 spiro atoms. The lowest BCUT2D eigenvalue weighted by atomic mass is 9.77. The van der Waals surface area contributed by atoms with Crippen molar-refractivity contribution in [2.24, 2.45) is 11.3 Å². The Hall–Kier alpha value is -2.87. The van der Waals surface area contributed by atoms with E-state index in [4.69, 9.17) is 0 Å². The molecular weight excluding hydrogens is 453 g/mol. The molecule has 2 aromatic carbocycles. The number of ketones is 2. The summed E-state index contributed by atoms with van der Waals surface area (Å²) in [7, 11) is 0. The number of benzene rings is 2. The van der Waals surface area contributed by atoms with Gasteiger partial charge in [0.25, 0.3) is 5.91 Å². The Bertz CT molecular complexity index is 1200. The first kappa shape index (κ1) is 20.4. The number of hydrogen-bond donors (Lipinski definition) is 1. The van der Waals surface area contributed by atoms with Gasteiger partial charge in [0, 0.05) is 21.1 Å². The van der Waals surface area contributed by atoms with E-state index in [1.54, 1.807) is 39.0 Å². The summed E-state index contributed by atoms with van der Waals surface area (Å²) in [6.45, 7) is 5.04. The molecule has 4 rings (SSSR count). The predicted molar refractivity (Wildman–Crippen MR) is 113 cm³/mol. The molecule has 1 aliphatic heterocycles. The van der Waals surface area contributed by atoms with Crippen LogP contribution in [0.5, 0.6) is 0 Å². The normalized spacial score (nSPS) is 19.7. The minimum absolute atomic E-state index is 0.107. The van der Waals surface area contributed by atoms with Crippen LogP contribution in [0.3, 0.4) is 0 Å². The fraction of sp³-hybridized carbons (Fsp3) is 0.273. The van der Waals surface area contributed by atoms with E-state index >= 15 is 0 Å². The summed E-state index contributed by atoms with van der Waals surface area (Å²) in [6, 6.07) is 8.21.